The number of hydrogen-bond acceptors (Lipinski definition) is 5. The molecule has 1 fully saturated rings. The first kappa shape index (κ1) is 13.5. The van der Waals surface area contributed by atoms with Gasteiger partial charge in [-0.15, -0.1) is 0 Å². The molecule has 0 unspecified atom stereocenters. The van der Waals surface area contributed by atoms with Crippen LogP contribution in [0.3, 0.4) is 0 Å². The quantitative estimate of drug-likeness (QED) is 0.826. The van der Waals surface area contributed by atoms with Gasteiger partial charge >= 0.3 is 0 Å². The summed E-state index contributed by atoms with van der Waals surface area (Å²) in [6, 6.07) is 5.68. The van der Waals surface area contributed by atoms with Gasteiger partial charge in [0.25, 0.3) is 0 Å². The fraction of sp³-hybridized carbons (Fsp3) is 0.429. The number of pyridine rings is 1. The van der Waals surface area contributed by atoms with E-state index in [2.05, 4.69) is 15.1 Å². The molecule has 0 N–H and O–H groups in total. The maximum absolute atomic E-state index is 12.1. The maximum atomic E-state index is 12.1. The van der Waals surface area contributed by atoms with E-state index >= 15 is 0 Å². The fourth-order valence-electron chi connectivity index (χ4n) is 2.36. The van der Waals surface area contributed by atoms with Crippen molar-refractivity contribution in [1.29, 1.82) is 0 Å². The predicted octanol–water partition coefficient (Wildman–Crippen LogP) is 0.661. The number of amides is 1. The molecule has 1 amide bonds. The van der Waals surface area contributed by atoms with Crippen molar-refractivity contribution in [3.05, 3.63) is 36.5 Å². The predicted molar refractivity (Wildman–Crippen MR) is 74.6 cm³/mol. The minimum Gasteiger partial charge on any atom is -0.472 e. The molecule has 21 heavy (non-hydrogen) atoms. The smallest absolute Gasteiger partial charge is 0.244 e. The maximum Gasteiger partial charge on any atom is 0.244 e. The Hall–Kier alpha value is -2.44. The summed E-state index contributed by atoms with van der Waals surface area (Å²) < 4.78 is 7.36. The van der Waals surface area contributed by atoms with E-state index in [1.54, 1.807) is 11.2 Å². The molecule has 0 radical (unpaired) electrons. The van der Waals surface area contributed by atoms with E-state index in [-0.39, 0.29) is 18.6 Å². The number of rotatable bonds is 4. The third-order valence-electron chi connectivity index (χ3n) is 3.41. The average Bonchev–Trinajstić information content (AvgIpc) is 3.10. The van der Waals surface area contributed by atoms with Crippen molar-refractivity contribution in [2.75, 3.05) is 13.1 Å². The normalized spacial score (nSPS) is 18.0. The van der Waals surface area contributed by atoms with Crippen LogP contribution in [0.25, 0.3) is 0 Å². The SMILES string of the molecule is Cc1cccc(O[C@H]2CCN(C(=O)Cn3cncn3)C2)n1. The Kier molecular flexibility index (Phi) is 3.81. The van der Waals surface area contributed by atoms with Crippen LogP contribution in [0.15, 0.2) is 30.9 Å². The third-order valence-corrected chi connectivity index (χ3v) is 3.41. The van der Waals surface area contributed by atoms with E-state index in [0.29, 0.717) is 19.0 Å². The Morgan fingerprint density at radius 3 is 3.14 bits per heavy atom. The number of carbonyl (C=O) groups is 1. The van der Waals surface area contributed by atoms with Gasteiger partial charge in [-0.1, -0.05) is 6.07 Å². The van der Waals surface area contributed by atoms with Crippen LogP contribution < -0.4 is 4.74 Å². The molecule has 1 aliphatic heterocycles. The molecule has 3 heterocycles. The van der Waals surface area contributed by atoms with Crippen LogP contribution in [-0.2, 0) is 11.3 Å². The molecule has 110 valence electrons. The Bertz CT molecular complexity index is 614. The molecule has 1 saturated heterocycles. The molecule has 2 aromatic heterocycles. The van der Waals surface area contributed by atoms with Gasteiger partial charge in [-0.05, 0) is 13.0 Å². The van der Waals surface area contributed by atoms with Crippen molar-refractivity contribution in [1.82, 2.24) is 24.6 Å². The number of hydrogen-bond donors (Lipinski definition) is 0. The topological polar surface area (TPSA) is 73.1 Å². The zero-order chi connectivity index (χ0) is 14.7. The number of likely N-dealkylation sites (tertiary alicyclic amines) is 1. The molecule has 0 saturated carbocycles. The Balaban J connectivity index is 1.54. The summed E-state index contributed by atoms with van der Waals surface area (Å²) in [6.45, 7) is 3.43. The van der Waals surface area contributed by atoms with E-state index in [4.69, 9.17) is 4.74 Å². The van der Waals surface area contributed by atoms with Crippen LogP contribution in [0, 0.1) is 6.92 Å². The van der Waals surface area contributed by atoms with Crippen molar-refractivity contribution in [2.24, 2.45) is 0 Å². The lowest BCUT2D eigenvalue weighted by molar-refractivity contribution is -0.131. The van der Waals surface area contributed by atoms with Crippen molar-refractivity contribution in [3.63, 3.8) is 0 Å². The molecule has 0 spiro atoms. The van der Waals surface area contributed by atoms with Crippen molar-refractivity contribution < 1.29 is 9.53 Å². The summed E-state index contributed by atoms with van der Waals surface area (Å²) in [7, 11) is 0. The zero-order valence-electron chi connectivity index (χ0n) is 11.8. The average molecular weight is 287 g/mol. The first-order valence-electron chi connectivity index (χ1n) is 6.91. The third kappa shape index (κ3) is 3.36. The van der Waals surface area contributed by atoms with E-state index in [1.807, 2.05) is 25.1 Å². The minimum atomic E-state index is -0.000929. The Morgan fingerprint density at radius 2 is 2.38 bits per heavy atom. The van der Waals surface area contributed by atoms with Crippen molar-refractivity contribution >= 4 is 5.91 Å². The second-order valence-corrected chi connectivity index (χ2v) is 5.08. The molecule has 3 rings (SSSR count). The van der Waals surface area contributed by atoms with Crippen LogP contribution in [0.2, 0.25) is 0 Å². The molecule has 7 heteroatoms. The summed E-state index contributed by atoms with van der Waals surface area (Å²) in [5.74, 6) is 0.648. The van der Waals surface area contributed by atoms with E-state index in [1.165, 1.54) is 11.0 Å². The summed E-state index contributed by atoms with van der Waals surface area (Å²) in [5.41, 5.74) is 0.921. The van der Waals surface area contributed by atoms with Gasteiger partial charge in [0.05, 0.1) is 6.54 Å². The summed E-state index contributed by atoms with van der Waals surface area (Å²) in [5, 5.41) is 3.94. The highest BCUT2D eigenvalue weighted by atomic mass is 16.5. The molecule has 2 aromatic rings. The standard InChI is InChI=1S/C14H17N5O2/c1-11-3-2-4-13(17-11)21-12-5-6-18(7-12)14(20)8-19-10-15-9-16-19/h2-4,9-10,12H,5-8H2,1H3/t12-/m0/s1. The lowest BCUT2D eigenvalue weighted by Crippen LogP contribution is -2.33. The number of nitrogens with zero attached hydrogens (tertiary/aromatic N) is 5. The van der Waals surface area contributed by atoms with Crippen LogP contribution in [0.5, 0.6) is 5.88 Å². The highest BCUT2D eigenvalue weighted by Gasteiger charge is 2.28. The monoisotopic (exact) mass is 287 g/mol. The molecule has 0 aliphatic carbocycles. The van der Waals surface area contributed by atoms with Gasteiger partial charge in [-0.2, -0.15) is 5.10 Å². The Morgan fingerprint density at radius 1 is 1.48 bits per heavy atom. The molecule has 7 nitrogen and oxygen atoms in total. The van der Waals surface area contributed by atoms with Crippen molar-refractivity contribution in [3.8, 4) is 5.88 Å². The summed E-state index contributed by atoms with van der Waals surface area (Å²) in [6.07, 6.45) is 3.78. The molecule has 0 aromatic carbocycles. The van der Waals surface area contributed by atoms with Gasteiger partial charge < -0.3 is 9.64 Å². The summed E-state index contributed by atoms with van der Waals surface area (Å²) in [4.78, 5) is 22.1. The van der Waals surface area contributed by atoms with Gasteiger partial charge in [-0.3, -0.25) is 4.79 Å². The zero-order valence-corrected chi connectivity index (χ0v) is 11.8. The molecule has 0 bridgehead atoms. The van der Waals surface area contributed by atoms with Crippen LogP contribution >= 0.6 is 0 Å². The second kappa shape index (κ2) is 5.90. The van der Waals surface area contributed by atoms with Crippen LogP contribution in [-0.4, -0.2) is 49.7 Å². The number of carbonyl (C=O) groups excluding carboxylic acids is 1. The Labute approximate surface area is 122 Å². The molecular weight excluding hydrogens is 270 g/mol. The van der Waals surface area contributed by atoms with Gasteiger partial charge in [0.2, 0.25) is 11.8 Å². The lowest BCUT2D eigenvalue weighted by atomic mass is 10.3. The molecular formula is C14H17N5O2. The first-order chi connectivity index (χ1) is 10.2. The van der Waals surface area contributed by atoms with E-state index in [9.17, 15) is 4.79 Å². The van der Waals surface area contributed by atoms with E-state index in [0.717, 1.165) is 12.1 Å². The van der Waals surface area contributed by atoms with Gasteiger partial charge in [0.15, 0.2) is 0 Å². The number of aromatic nitrogens is 4. The van der Waals surface area contributed by atoms with Gasteiger partial charge in [-0.25, -0.2) is 14.6 Å². The first-order valence-corrected chi connectivity index (χ1v) is 6.91. The minimum absolute atomic E-state index is 0.000929. The fourth-order valence-corrected chi connectivity index (χ4v) is 2.36. The second-order valence-electron chi connectivity index (χ2n) is 5.08. The number of ether oxygens (including phenoxy) is 1. The molecule has 1 aliphatic rings. The van der Waals surface area contributed by atoms with Gasteiger partial charge in [0.1, 0.15) is 25.3 Å². The van der Waals surface area contributed by atoms with Crippen LogP contribution in [0.1, 0.15) is 12.1 Å². The highest BCUT2D eigenvalue weighted by Crippen LogP contribution is 2.17. The number of aryl methyl sites for hydroxylation is 1. The summed E-state index contributed by atoms with van der Waals surface area (Å²) >= 11 is 0. The van der Waals surface area contributed by atoms with Crippen LogP contribution in [0.4, 0.5) is 0 Å². The lowest BCUT2D eigenvalue weighted by Gasteiger charge is -2.17. The highest BCUT2D eigenvalue weighted by molar-refractivity contribution is 5.76. The molecule has 1 atom stereocenters. The van der Waals surface area contributed by atoms with Crippen molar-refractivity contribution in [2.45, 2.75) is 26.0 Å². The van der Waals surface area contributed by atoms with Gasteiger partial charge in [0, 0.05) is 24.7 Å². The van der Waals surface area contributed by atoms with E-state index < -0.39 is 0 Å². The largest absolute Gasteiger partial charge is 0.472 e.